The molecule has 2 aliphatic rings. The minimum absolute atomic E-state index is 0.0240. The fourth-order valence-electron chi connectivity index (χ4n) is 4.15. The number of hydrogen-bond donors (Lipinski definition) is 0. The molecule has 5 nitrogen and oxygen atoms in total. The molecule has 0 N–H and O–H groups in total. The first kappa shape index (κ1) is 19.7. The van der Waals surface area contributed by atoms with Crippen molar-refractivity contribution in [2.45, 2.75) is 32.9 Å². The third-order valence-corrected chi connectivity index (χ3v) is 5.90. The Balaban J connectivity index is 1.74. The van der Waals surface area contributed by atoms with Crippen LogP contribution in [0.25, 0.3) is 0 Å². The summed E-state index contributed by atoms with van der Waals surface area (Å²) in [5.41, 5.74) is 3.15. The summed E-state index contributed by atoms with van der Waals surface area (Å²) in [5, 5.41) is 0. The van der Waals surface area contributed by atoms with Crippen molar-refractivity contribution in [3.8, 4) is 0 Å². The molecule has 2 aromatic rings. The summed E-state index contributed by atoms with van der Waals surface area (Å²) < 4.78 is 0. The predicted octanol–water partition coefficient (Wildman–Crippen LogP) is 3.54. The number of benzene rings is 2. The first-order valence-electron chi connectivity index (χ1n) is 10.3. The maximum absolute atomic E-state index is 13.4. The number of hydrogen-bond acceptors (Lipinski definition) is 5. The predicted molar refractivity (Wildman–Crippen MR) is 115 cm³/mol. The van der Waals surface area contributed by atoms with E-state index in [2.05, 4.69) is 23.6 Å². The molecule has 4 rings (SSSR count). The van der Waals surface area contributed by atoms with E-state index in [-0.39, 0.29) is 11.6 Å². The smallest absolute Gasteiger partial charge is 0.210 e. The zero-order chi connectivity index (χ0) is 20.5. The third-order valence-electron chi connectivity index (χ3n) is 5.90. The molecular weight excluding hydrogens is 362 g/mol. The Kier molecular flexibility index (Phi) is 5.43. The Morgan fingerprint density at radius 3 is 2.14 bits per heavy atom. The van der Waals surface area contributed by atoms with Gasteiger partial charge in [-0.1, -0.05) is 42.0 Å². The van der Waals surface area contributed by atoms with E-state index < -0.39 is 6.04 Å². The number of carbonyl (C=O) groups excluding carboxylic acids is 2. The van der Waals surface area contributed by atoms with Gasteiger partial charge in [0.15, 0.2) is 5.78 Å². The first-order chi connectivity index (χ1) is 14.0. The van der Waals surface area contributed by atoms with E-state index in [0.29, 0.717) is 28.6 Å². The molecule has 1 atom stereocenters. The van der Waals surface area contributed by atoms with Gasteiger partial charge in [-0.3, -0.25) is 19.4 Å². The van der Waals surface area contributed by atoms with Crippen molar-refractivity contribution in [1.82, 2.24) is 9.80 Å². The molecular formula is C24H27N3O2. The van der Waals surface area contributed by atoms with E-state index in [4.69, 9.17) is 4.99 Å². The standard InChI is InChI=1S/C24H27N3O2/c1-16(2)26-12-14-27(15-13-26)22-21(25-18-10-8-17(3)9-11-18)23(28)19-6-4-5-7-20(19)24(22)29/h4-11,16,22H,12-15H2,1-3H3. The molecule has 1 aliphatic carbocycles. The van der Waals surface area contributed by atoms with Gasteiger partial charge in [0.25, 0.3) is 0 Å². The zero-order valence-corrected chi connectivity index (χ0v) is 17.3. The lowest BCUT2D eigenvalue weighted by Gasteiger charge is -2.41. The van der Waals surface area contributed by atoms with E-state index in [9.17, 15) is 9.59 Å². The molecule has 150 valence electrons. The molecule has 5 heteroatoms. The van der Waals surface area contributed by atoms with E-state index in [1.807, 2.05) is 37.3 Å². The molecule has 1 fully saturated rings. The highest BCUT2D eigenvalue weighted by Crippen LogP contribution is 2.27. The lowest BCUT2D eigenvalue weighted by atomic mass is 9.83. The minimum Gasteiger partial charge on any atom is -0.298 e. The first-order valence-corrected chi connectivity index (χ1v) is 10.3. The van der Waals surface area contributed by atoms with Gasteiger partial charge in [0.1, 0.15) is 11.8 Å². The van der Waals surface area contributed by atoms with Crippen molar-refractivity contribution in [2.24, 2.45) is 4.99 Å². The van der Waals surface area contributed by atoms with E-state index in [0.717, 1.165) is 31.7 Å². The number of piperazine rings is 1. The highest BCUT2D eigenvalue weighted by molar-refractivity contribution is 6.55. The van der Waals surface area contributed by atoms with Crippen molar-refractivity contribution >= 4 is 23.0 Å². The summed E-state index contributed by atoms with van der Waals surface area (Å²) in [6, 6.07) is 14.7. The highest BCUT2D eigenvalue weighted by atomic mass is 16.1. The Hall–Kier alpha value is -2.63. The van der Waals surface area contributed by atoms with E-state index in [1.165, 1.54) is 0 Å². The molecule has 0 saturated carbocycles. The quantitative estimate of drug-likeness (QED) is 0.806. The second kappa shape index (κ2) is 8.01. The number of aliphatic imine (C=N–C) groups is 1. The second-order valence-corrected chi connectivity index (χ2v) is 8.14. The van der Waals surface area contributed by atoms with Gasteiger partial charge in [0.2, 0.25) is 5.78 Å². The van der Waals surface area contributed by atoms with Gasteiger partial charge in [-0.2, -0.15) is 0 Å². The summed E-state index contributed by atoms with van der Waals surface area (Å²) in [7, 11) is 0. The molecule has 0 amide bonds. The van der Waals surface area contributed by atoms with Crippen LogP contribution in [0, 0.1) is 6.92 Å². The van der Waals surface area contributed by atoms with Crippen LogP contribution in [0.2, 0.25) is 0 Å². The number of Topliss-reactive ketones (excluding diaryl/α,β-unsaturated/α-hetero) is 2. The fourth-order valence-corrected chi connectivity index (χ4v) is 4.15. The SMILES string of the molecule is Cc1ccc(N=C2C(=O)c3ccccc3C(=O)C2N2CCN(C(C)C)CC2)cc1. The molecule has 0 radical (unpaired) electrons. The molecule has 1 unspecified atom stereocenters. The summed E-state index contributed by atoms with van der Waals surface area (Å²) in [6.07, 6.45) is 0. The summed E-state index contributed by atoms with van der Waals surface area (Å²) in [4.78, 5) is 36.0. The third kappa shape index (κ3) is 3.80. The highest BCUT2D eigenvalue weighted by Gasteiger charge is 2.42. The normalized spacial score (nSPS) is 22.3. The van der Waals surface area contributed by atoms with Gasteiger partial charge in [0, 0.05) is 43.3 Å². The molecule has 1 heterocycles. The maximum atomic E-state index is 13.4. The average molecular weight is 389 g/mol. The van der Waals surface area contributed by atoms with E-state index in [1.54, 1.807) is 18.2 Å². The van der Waals surface area contributed by atoms with Crippen LogP contribution in [0.3, 0.4) is 0 Å². The monoisotopic (exact) mass is 389 g/mol. The number of nitrogens with zero attached hydrogens (tertiary/aromatic N) is 3. The zero-order valence-electron chi connectivity index (χ0n) is 17.3. The Labute approximate surface area is 172 Å². The van der Waals surface area contributed by atoms with Gasteiger partial charge >= 0.3 is 0 Å². The molecule has 0 aromatic heterocycles. The van der Waals surface area contributed by atoms with Crippen molar-refractivity contribution in [3.63, 3.8) is 0 Å². The molecule has 0 bridgehead atoms. The molecule has 29 heavy (non-hydrogen) atoms. The van der Waals surface area contributed by atoms with Crippen LogP contribution in [0.1, 0.15) is 40.1 Å². The number of fused-ring (bicyclic) bond motifs is 1. The van der Waals surface area contributed by atoms with Gasteiger partial charge in [-0.05, 0) is 32.9 Å². The van der Waals surface area contributed by atoms with Gasteiger partial charge in [-0.25, -0.2) is 4.99 Å². The second-order valence-electron chi connectivity index (χ2n) is 8.14. The van der Waals surface area contributed by atoms with E-state index >= 15 is 0 Å². The van der Waals surface area contributed by atoms with Crippen LogP contribution in [0.4, 0.5) is 5.69 Å². The van der Waals surface area contributed by atoms with Crippen molar-refractivity contribution in [1.29, 1.82) is 0 Å². The summed E-state index contributed by atoms with van der Waals surface area (Å²) in [6.45, 7) is 9.65. The minimum atomic E-state index is -0.618. The molecule has 1 aliphatic heterocycles. The number of aryl methyl sites for hydroxylation is 1. The summed E-state index contributed by atoms with van der Waals surface area (Å²) >= 11 is 0. The van der Waals surface area contributed by atoms with Crippen LogP contribution in [0.15, 0.2) is 53.5 Å². The van der Waals surface area contributed by atoms with Gasteiger partial charge in [-0.15, -0.1) is 0 Å². The van der Waals surface area contributed by atoms with Crippen LogP contribution in [0.5, 0.6) is 0 Å². The Morgan fingerprint density at radius 1 is 0.897 bits per heavy atom. The number of rotatable bonds is 3. The van der Waals surface area contributed by atoms with Crippen LogP contribution in [-0.2, 0) is 0 Å². The lowest BCUT2D eigenvalue weighted by Crippen LogP contribution is -2.59. The number of ketones is 2. The van der Waals surface area contributed by atoms with Crippen LogP contribution < -0.4 is 0 Å². The average Bonchev–Trinajstić information content (AvgIpc) is 2.73. The maximum Gasteiger partial charge on any atom is 0.210 e. The largest absolute Gasteiger partial charge is 0.298 e. The molecule has 0 spiro atoms. The Bertz CT molecular complexity index is 954. The van der Waals surface area contributed by atoms with Gasteiger partial charge < -0.3 is 0 Å². The fraction of sp³-hybridized carbons (Fsp3) is 0.375. The van der Waals surface area contributed by atoms with Crippen molar-refractivity contribution < 1.29 is 9.59 Å². The number of carbonyl (C=O) groups is 2. The Morgan fingerprint density at radius 2 is 1.52 bits per heavy atom. The lowest BCUT2D eigenvalue weighted by molar-refractivity contribution is 0.0697. The van der Waals surface area contributed by atoms with Crippen molar-refractivity contribution in [2.75, 3.05) is 26.2 Å². The molecule has 1 saturated heterocycles. The van der Waals surface area contributed by atoms with Crippen LogP contribution in [-0.4, -0.2) is 65.3 Å². The summed E-state index contributed by atoms with van der Waals surface area (Å²) in [5.74, 6) is -0.166. The van der Waals surface area contributed by atoms with Gasteiger partial charge in [0.05, 0.1) is 5.69 Å². The molecule has 2 aromatic carbocycles. The topological polar surface area (TPSA) is 53.0 Å². The van der Waals surface area contributed by atoms with Crippen LogP contribution >= 0.6 is 0 Å². The van der Waals surface area contributed by atoms with Crippen molar-refractivity contribution in [3.05, 3.63) is 65.2 Å².